The van der Waals surface area contributed by atoms with Gasteiger partial charge in [0.2, 0.25) is 0 Å². The Hall–Kier alpha value is -1.00. The fraction of sp³-hybridized carbons (Fsp3) is 0.0769. The molecule has 1 heterocycles. The minimum Gasteiger partial charge on any atom is -0.292 e. The van der Waals surface area contributed by atoms with Gasteiger partial charge in [0.05, 0.1) is 5.69 Å². The van der Waals surface area contributed by atoms with E-state index in [1.807, 2.05) is 36.4 Å². The van der Waals surface area contributed by atoms with Crippen LogP contribution in [-0.2, 0) is 0 Å². The van der Waals surface area contributed by atoms with Crippen LogP contribution in [0.5, 0.6) is 0 Å². The van der Waals surface area contributed by atoms with Crippen LogP contribution in [0.25, 0.3) is 0 Å². The van der Waals surface area contributed by atoms with Gasteiger partial charge in [0, 0.05) is 11.8 Å². The van der Waals surface area contributed by atoms with Crippen LogP contribution in [0.15, 0.2) is 54.7 Å². The molecule has 1 aromatic carbocycles. The van der Waals surface area contributed by atoms with Crippen LogP contribution in [-0.4, -0.2) is 10.8 Å². The Morgan fingerprint density at radius 2 is 1.71 bits per heavy atom. The Morgan fingerprint density at radius 1 is 1.06 bits per heavy atom. The number of halogens is 2. The van der Waals surface area contributed by atoms with Crippen molar-refractivity contribution >= 4 is 38.7 Å². The molecule has 0 bridgehead atoms. The van der Waals surface area contributed by atoms with Gasteiger partial charge in [0.25, 0.3) is 0 Å². The molecule has 0 N–H and O–H groups in total. The van der Waals surface area contributed by atoms with Gasteiger partial charge in [-0.3, -0.25) is 9.78 Å². The van der Waals surface area contributed by atoms with Gasteiger partial charge >= 0.3 is 0 Å². The molecule has 4 heteroatoms. The van der Waals surface area contributed by atoms with Crippen molar-refractivity contribution in [2.45, 2.75) is 4.83 Å². The summed E-state index contributed by atoms with van der Waals surface area (Å²) in [6.07, 6.45) is 1.68. The minimum atomic E-state index is -0.379. The molecule has 1 atom stereocenters. The summed E-state index contributed by atoms with van der Waals surface area (Å²) in [6.45, 7) is 0. The molecular weight excluding hydrogens is 346 g/mol. The third-order valence-corrected chi connectivity index (χ3v) is 3.12. The number of hydrogen-bond donors (Lipinski definition) is 0. The number of pyridine rings is 1. The van der Waals surface area contributed by atoms with Crippen LogP contribution < -0.4 is 0 Å². The van der Waals surface area contributed by atoms with Crippen LogP contribution in [0, 0.1) is 0 Å². The maximum absolute atomic E-state index is 12.1. The van der Waals surface area contributed by atoms with Gasteiger partial charge < -0.3 is 0 Å². The Morgan fingerprint density at radius 3 is 2.29 bits per heavy atom. The van der Waals surface area contributed by atoms with E-state index in [0.29, 0.717) is 5.56 Å². The SMILES string of the molecule is Br.O=C(c1ccccc1)C(Br)c1ccccn1. The summed E-state index contributed by atoms with van der Waals surface area (Å²) in [6, 6.07) is 14.7. The fourth-order valence-electron chi connectivity index (χ4n) is 1.41. The second-order valence-electron chi connectivity index (χ2n) is 3.35. The van der Waals surface area contributed by atoms with E-state index in [0.717, 1.165) is 5.69 Å². The summed E-state index contributed by atoms with van der Waals surface area (Å²) in [5.41, 5.74) is 1.42. The zero-order valence-electron chi connectivity index (χ0n) is 8.92. The lowest BCUT2D eigenvalue weighted by molar-refractivity contribution is 0.0990. The summed E-state index contributed by atoms with van der Waals surface area (Å²) in [5, 5.41) is 0. The Bertz CT molecular complexity index is 473. The highest BCUT2D eigenvalue weighted by atomic mass is 79.9. The molecule has 17 heavy (non-hydrogen) atoms. The number of alkyl halides is 1. The average molecular weight is 357 g/mol. The van der Waals surface area contributed by atoms with Crippen LogP contribution in [0.4, 0.5) is 0 Å². The van der Waals surface area contributed by atoms with E-state index < -0.39 is 0 Å². The second-order valence-corrected chi connectivity index (χ2v) is 4.26. The van der Waals surface area contributed by atoms with Crippen molar-refractivity contribution < 1.29 is 4.79 Å². The molecule has 1 aromatic heterocycles. The van der Waals surface area contributed by atoms with Crippen molar-refractivity contribution in [3.8, 4) is 0 Å². The second kappa shape index (κ2) is 6.67. The van der Waals surface area contributed by atoms with Crippen molar-refractivity contribution in [2.24, 2.45) is 0 Å². The summed E-state index contributed by atoms with van der Waals surface area (Å²) >= 11 is 3.38. The van der Waals surface area contributed by atoms with Gasteiger partial charge in [-0.2, -0.15) is 0 Å². The van der Waals surface area contributed by atoms with E-state index in [1.54, 1.807) is 18.3 Å². The molecule has 2 aromatic rings. The lowest BCUT2D eigenvalue weighted by Gasteiger charge is -2.07. The van der Waals surface area contributed by atoms with Crippen molar-refractivity contribution in [3.05, 3.63) is 66.0 Å². The molecule has 0 spiro atoms. The molecule has 88 valence electrons. The molecule has 0 aliphatic rings. The largest absolute Gasteiger partial charge is 0.292 e. The highest BCUT2D eigenvalue weighted by Crippen LogP contribution is 2.24. The summed E-state index contributed by atoms with van der Waals surface area (Å²) in [4.78, 5) is 15.8. The first-order valence-corrected chi connectivity index (χ1v) is 5.85. The van der Waals surface area contributed by atoms with Gasteiger partial charge in [0.15, 0.2) is 5.78 Å². The van der Waals surface area contributed by atoms with Gasteiger partial charge in [-0.15, -0.1) is 17.0 Å². The number of hydrogen-bond acceptors (Lipinski definition) is 2. The molecule has 0 aliphatic heterocycles. The van der Waals surface area contributed by atoms with E-state index in [4.69, 9.17) is 0 Å². The number of carbonyl (C=O) groups is 1. The van der Waals surface area contributed by atoms with Crippen LogP contribution >= 0.6 is 32.9 Å². The molecule has 0 aliphatic carbocycles. The molecule has 0 saturated carbocycles. The standard InChI is InChI=1S/C13H10BrNO.BrH/c14-12(11-8-4-5-9-15-11)13(16)10-6-2-1-3-7-10;/h1-9,12H;1H. The number of benzene rings is 1. The smallest absolute Gasteiger partial charge is 0.182 e. The van der Waals surface area contributed by atoms with Crippen LogP contribution in [0.1, 0.15) is 20.9 Å². The number of nitrogens with zero attached hydrogens (tertiary/aromatic N) is 1. The minimum absolute atomic E-state index is 0. The number of carbonyl (C=O) groups excluding carboxylic acids is 1. The van der Waals surface area contributed by atoms with Gasteiger partial charge in [-0.05, 0) is 12.1 Å². The quantitative estimate of drug-likeness (QED) is 0.615. The third-order valence-electron chi connectivity index (χ3n) is 2.24. The van der Waals surface area contributed by atoms with E-state index >= 15 is 0 Å². The van der Waals surface area contributed by atoms with Gasteiger partial charge in [0.1, 0.15) is 4.83 Å². The average Bonchev–Trinajstić information content (AvgIpc) is 2.39. The van der Waals surface area contributed by atoms with Gasteiger partial charge in [-0.1, -0.05) is 52.3 Å². The monoisotopic (exact) mass is 355 g/mol. The summed E-state index contributed by atoms with van der Waals surface area (Å²) in [5.74, 6) is 0.0271. The number of ketones is 1. The Labute approximate surface area is 119 Å². The molecule has 0 amide bonds. The van der Waals surface area contributed by atoms with E-state index in [-0.39, 0.29) is 27.6 Å². The molecule has 0 saturated heterocycles. The summed E-state index contributed by atoms with van der Waals surface area (Å²) in [7, 11) is 0. The zero-order valence-corrected chi connectivity index (χ0v) is 12.2. The first kappa shape index (κ1) is 14.1. The Balaban J connectivity index is 0.00000144. The fourth-order valence-corrected chi connectivity index (χ4v) is 1.94. The van der Waals surface area contributed by atoms with Crippen LogP contribution in [0.2, 0.25) is 0 Å². The topological polar surface area (TPSA) is 30.0 Å². The van der Waals surface area contributed by atoms with E-state index in [1.165, 1.54) is 0 Å². The zero-order chi connectivity index (χ0) is 11.4. The summed E-state index contributed by atoms with van der Waals surface area (Å²) < 4.78 is 0. The lowest BCUT2D eigenvalue weighted by atomic mass is 10.1. The molecule has 0 fully saturated rings. The predicted octanol–water partition coefficient (Wildman–Crippen LogP) is 3.98. The maximum Gasteiger partial charge on any atom is 0.182 e. The predicted molar refractivity (Wildman–Crippen MR) is 77.0 cm³/mol. The molecule has 0 radical (unpaired) electrons. The number of rotatable bonds is 3. The normalized spacial score (nSPS) is 11.4. The van der Waals surface area contributed by atoms with E-state index in [9.17, 15) is 4.79 Å². The maximum atomic E-state index is 12.1. The van der Waals surface area contributed by atoms with Crippen molar-refractivity contribution in [3.63, 3.8) is 0 Å². The number of Topliss-reactive ketones (excluding diaryl/α,β-unsaturated/α-hetero) is 1. The third kappa shape index (κ3) is 3.48. The van der Waals surface area contributed by atoms with Gasteiger partial charge in [-0.25, -0.2) is 0 Å². The molecule has 2 rings (SSSR count). The van der Waals surface area contributed by atoms with Crippen molar-refractivity contribution in [1.82, 2.24) is 4.98 Å². The van der Waals surface area contributed by atoms with E-state index in [2.05, 4.69) is 20.9 Å². The molecular formula is C13H11Br2NO. The highest BCUT2D eigenvalue weighted by molar-refractivity contribution is 9.09. The molecule has 1 unspecified atom stereocenters. The molecule has 2 nitrogen and oxygen atoms in total. The van der Waals surface area contributed by atoms with Crippen molar-refractivity contribution in [2.75, 3.05) is 0 Å². The van der Waals surface area contributed by atoms with Crippen LogP contribution in [0.3, 0.4) is 0 Å². The Kier molecular flexibility index (Phi) is 5.51. The first-order chi connectivity index (χ1) is 7.79. The first-order valence-electron chi connectivity index (χ1n) is 4.93. The highest BCUT2D eigenvalue weighted by Gasteiger charge is 2.19. The van der Waals surface area contributed by atoms with Crippen molar-refractivity contribution in [1.29, 1.82) is 0 Å². The number of aromatic nitrogens is 1. The lowest BCUT2D eigenvalue weighted by Crippen LogP contribution is -2.08.